The molecule has 2 aromatic carbocycles. The summed E-state index contributed by atoms with van der Waals surface area (Å²) in [7, 11) is 3.42. The number of aliphatic imine (C=N–C) groups is 1. The van der Waals surface area contributed by atoms with Crippen LogP contribution in [0.3, 0.4) is 0 Å². The van der Waals surface area contributed by atoms with Crippen LogP contribution >= 0.6 is 23.5 Å². The summed E-state index contributed by atoms with van der Waals surface area (Å²) in [5, 5.41) is 2.85. The molecule has 0 atom stereocenters. The normalized spacial score (nSPS) is 12.8. The second-order valence-electron chi connectivity index (χ2n) is 5.91. The molecule has 0 aliphatic carbocycles. The number of amides is 2. The van der Waals surface area contributed by atoms with Crippen LogP contribution in [0.15, 0.2) is 53.5 Å². The van der Waals surface area contributed by atoms with Crippen LogP contribution < -0.4 is 5.32 Å². The van der Waals surface area contributed by atoms with Crippen molar-refractivity contribution >= 4 is 51.1 Å². The van der Waals surface area contributed by atoms with Gasteiger partial charge in [-0.25, -0.2) is 4.99 Å². The van der Waals surface area contributed by atoms with Gasteiger partial charge in [0.1, 0.15) is 4.38 Å². The molecule has 26 heavy (non-hydrogen) atoms. The number of para-hydroxylation sites is 1. The lowest BCUT2D eigenvalue weighted by Gasteiger charge is -2.14. The molecule has 1 N–H and O–H groups in total. The number of benzene rings is 2. The lowest BCUT2D eigenvalue weighted by Crippen LogP contribution is -2.21. The molecule has 0 saturated heterocycles. The van der Waals surface area contributed by atoms with E-state index in [-0.39, 0.29) is 11.8 Å². The smallest absolute Gasteiger partial charge is 0.253 e. The first-order chi connectivity index (χ1) is 12.5. The number of anilines is 1. The summed E-state index contributed by atoms with van der Waals surface area (Å²) in [6.45, 7) is 0. The number of nitrogens with one attached hydrogen (secondary N) is 1. The molecule has 3 rings (SSSR count). The molecule has 0 saturated carbocycles. The van der Waals surface area contributed by atoms with Gasteiger partial charge in [0.15, 0.2) is 0 Å². The highest BCUT2D eigenvalue weighted by Gasteiger charge is 2.14. The van der Waals surface area contributed by atoms with E-state index in [1.807, 2.05) is 18.2 Å². The van der Waals surface area contributed by atoms with Gasteiger partial charge in [-0.15, -0.1) is 0 Å². The summed E-state index contributed by atoms with van der Waals surface area (Å²) in [5.41, 5.74) is 3.47. The zero-order chi connectivity index (χ0) is 18.5. The van der Waals surface area contributed by atoms with Gasteiger partial charge < -0.3 is 10.2 Å². The zero-order valence-corrected chi connectivity index (χ0v) is 16.2. The van der Waals surface area contributed by atoms with Crippen molar-refractivity contribution < 1.29 is 9.59 Å². The predicted molar refractivity (Wildman–Crippen MR) is 110 cm³/mol. The average molecular weight is 386 g/mol. The lowest BCUT2D eigenvalue weighted by molar-refractivity contribution is -0.113. The van der Waals surface area contributed by atoms with Gasteiger partial charge in [-0.3, -0.25) is 9.59 Å². The van der Waals surface area contributed by atoms with Gasteiger partial charge in [0, 0.05) is 31.1 Å². The number of hydrogen-bond acceptors (Lipinski definition) is 5. The molecule has 0 radical (unpaired) electrons. The van der Waals surface area contributed by atoms with Crippen molar-refractivity contribution in [3.05, 3.63) is 59.7 Å². The monoisotopic (exact) mass is 385 g/mol. The summed E-state index contributed by atoms with van der Waals surface area (Å²) >= 11 is 3.09. The average Bonchev–Trinajstić information content (AvgIpc) is 2.66. The summed E-state index contributed by atoms with van der Waals surface area (Å²) in [6.07, 6.45) is 0. The highest BCUT2D eigenvalue weighted by molar-refractivity contribution is 8.38. The molecule has 0 bridgehead atoms. The Morgan fingerprint density at radius 1 is 1.15 bits per heavy atom. The molecular formula is C19H19N3O2S2. The number of carbonyl (C=O) groups is 2. The van der Waals surface area contributed by atoms with E-state index < -0.39 is 0 Å². The Hall–Kier alpha value is -2.25. The summed E-state index contributed by atoms with van der Waals surface area (Å²) in [5.74, 6) is 1.02. The Balaban J connectivity index is 1.53. The third-order valence-electron chi connectivity index (χ3n) is 3.70. The molecular weight excluding hydrogens is 366 g/mol. The second kappa shape index (κ2) is 8.42. The van der Waals surface area contributed by atoms with Gasteiger partial charge in [-0.2, -0.15) is 0 Å². The third kappa shape index (κ3) is 4.68. The maximum Gasteiger partial charge on any atom is 0.253 e. The fourth-order valence-corrected chi connectivity index (χ4v) is 4.23. The molecule has 0 unspecified atom stereocenters. The van der Waals surface area contributed by atoms with Crippen LogP contribution in [0.25, 0.3) is 0 Å². The SMILES string of the molecule is CN(C)C(=O)c1ccc(NC(=O)CSC2=Nc3ccccc3CS2)cc1. The van der Waals surface area contributed by atoms with Gasteiger partial charge in [0.25, 0.3) is 5.91 Å². The standard InChI is InChI=1S/C19H19N3O2S2/c1-22(2)18(24)13-7-9-15(10-8-13)20-17(23)12-26-19-21-16-6-4-3-5-14(16)11-25-19/h3-10H,11-12H2,1-2H3,(H,20,23). The summed E-state index contributed by atoms with van der Waals surface area (Å²) < 4.78 is 0.908. The van der Waals surface area contributed by atoms with Crippen LogP contribution in [-0.4, -0.2) is 40.9 Å². The molecule has 0 aromatic heterocycles. The van der Waals surface area contributed by atoms with Crippen molar-refractivity contribution in [3.8, 4) is 0 Å². The minimum Gasteiger partial charge on any atom is -0.345 e. The predicted octanol–water partition coefficient (Wildman–Crippen LogP) is 3.99. The van der Waals surface area contributed by atoms with Crippen LogP contribution in [0.2, 0.25) is 0 Å². The molecule has 0 spiro atoms. The van der Waals surface area contributed by atoms with E-state index in [9.17, 15) is 9.59 Å². The molecule has 1 aliphatic rings. The lowest BCUT2D eigenvalue weighted by atomic mass is 10.2. The van der Waals surface area contributed by atoms with Gasteiger partial charge >= 0.3 is 0 Å². The minimum absolute atomic E-state index is 0.0638. The maximum absolute atomic E-state index is 12.2. The number of fused-ring (bicyclic) bond motifs is 1. The van der Waals surface area contributed by atoms with Crippen molar-refractivity contribution in [1.29, 1.82) is 0 Å². The van der Waals surface area contributed by atoms with Gasteiger partial charge in [0.05, 0.1) is 11.4 Å². The Labute approximate surface area is 161 Å². The molecule has 134 valence electrons. The molecule has 2 amide bonds. The van der Waals surface area contributed by atoms with Crippen LogP contribution in [-0.2, 0) is 10.5 Å². The van der Waals surface area contributed by atoms with Gasteiger partial charge in [-0.05, 0) is 35.9 Å². The van der Waals surface area contributed by atoms with E-state index >= 15 is 0 Å². The van der Waals surface area contributed by atoms with E-state index in [1.54, 1.807) is 50.1 Å². The quantitative estimate of drug-likeness (QED) is 0.864. The molecule has 7 heteroatoms. The topological polar surface area (TPSA) is 61.8 Å². The first-order valence-corrected chi connectivity index (χ1v) is 10.0. The molecule has 0 fully saturated rings. The Morgan fingerprint density at radius 2 is 1.88 bits per heavy atom. The first kappa shape index (κ1) is 18.5. The number of thioether (sulfide) groups is 2. The second-order valence-corrected chi connectivity index (χ2v) is 8.10. The Bertz CT molecular complexity index is 848. The molecule has 1 aliphatic heterocycles. The first-order valence-electron chi connectivity index (χ1n) is 8.06. The van der Waals surface area contributed by atoms with Crippen molar-refractivity contribution in [2.75, 3.05) is 25.2 Å². The number of carbonyl (C=O) groups excluding carboxylic acids is 2. The zero-order valence-electron chi connectivity index (χ0n) is 14.6. The van der Waals surface area contributed by atoms with E-state index in [1.165, 1.54) is 22.2 Å². The van der Waals surface area contributed by atoms with Crippen molar-refractivity contribution in [2.45, 2.75) is 5.75 Å². The third-order valence-corrected chi connectivity index (χ3v) is 5.95. The molecule has 2 aromatic rings. The highest BCUT2D eigenvalue weighted by Crippen LogP contribution is 2.34. The van der Waals surface area contributed by atoms with Crippen LogP contribution in [0.4, 0.5) is 11.4 Å². The van der Waals surface area contributed by atoms with Crippen molar-refractivity contribution in [2.24, 2.45) is 4.99 Å². The fourth-order valence-electron chi connectivity index (χ4n) is 2.36. The summed E-state index contributed by atoms with van der Waals surface area (Å²) in [4.78, 5) is 30.1. The maximum atomic E-state index is 12.2. The van der Waals surface area contributed by atoms with Crippen molar-refractivity contribution in [1.82, 2.24) is 4.90 Å². The molecule has 1 heterocycles. The number of hydrogen-bond donors (Lipinski definition) is 1. The van der Waals surface area contributed by atoms with E-state index in [2.05, 4.69) is 16.4 Å². The highest BCUT2D eigenvalue weighted by atomic mass is 32.2. The van der Waals surface area contributed by atoms with E-state index in [4.69, 9.17) is 0 Å². The summed E-state index contributed by atoms with van der Waals surface area (Å²) in [6, 6.07) is 14.9. The van der Waals surface area contributed by atoms with E-state index in [0.717, 1.165) is 15.8 Å². The van der Waals surface area contributed by atoms with Crippen LogP contribution in [0, 0.1) is 0 Å². The van der Waals surface area contributed by atoms with Crippen LogP contribution in [0.5, 0.6) is 0 Å². The van der Waals surface area contributed by atoms with E-state index in [0.29, 0.717) is 17.0 Å². The number of nitrogens with zero attached hydrogens (tertiary/aromatic N) is 2. The van der Waals surface area contributed by atoms with Gasteiger partial charge in [0.2, 0.25) is 5.91 Å². The molecule has 5 nitrogen and oxygen atoms in total. The Morgan fingerprint density at radius 3 is 2.62 bits per heavy atom. The largest absolute Gasteiger partial charge is 0.345 e. The number of rotatable bonds is 4. The Kier molecular flexibility index (Phi) is 6.00. The minimum atomic E-state index is -0.0937. The fraction of sp³-hybridized carbons (Fsp3) is 0.211. The van der Waals surface area contributed by atoms with Crippen LogP contribution in [0.1, 0.15) is 15.9 Å². The van der Waals surface area contributed by atoms with Gasteiger partial charge in [-0.1, -0.05) is 41.7 Å². The van der Waals surface area contributed by atoms with Crippen molar-refractivity contribution in [3.63, 3.8) is 0 Å².